The number of aromatic nitrogens is 3. The van der Waals surface area contributed by atoms with Crippen molar-refractivity contribution < 1.29 is 9.84 Å². The summed E-state index contributed by atoms with van der Waals surface area (Å²) in [4.78, 5) is 18.4. The fraction of sp³-hybridized carbons (Fsp3) is 0.412. The fourth-order valence-electron chi connectivity index (χ4n) is 6.74. The highest BCUT2D eigenvalue weighted by Gasteiger charge is 2.32. The average molecular weight is 568 g/mol. The van der Waals surface area contributed by atoms with Crippen molar-refractivity contribution in [3.63, 3.8) is 0 Å². The van der Waals surface area contributed by atoms with Crippen LogP contribution in [0.3, 0.4) is 0 Å². The highest BCUT2D eigenvalue weighted by Crippen LogP contribution is 2.35. The van der Waals surface area contributed by atoms with Gasteiger partial charge in [-0.1, -0.05) is 30.3 Å². The van der Waals surface area contributed by atoms with Gasteiger partial charge in [-0.2, -0.15) is 5.10 Å². The van der Waals surface area contributed by atoms with Crippen molar-refractivity contribution in [2.75, 3.05) is 38.2 Å². The summed E-state index contributed by atoms with van der Waals surface area (Å²) in [5.41, 5.74) is 4.44. The third kappa shape index (κ3) is 5.55. The van der Waals surface area contributed by atoms with E-state index in [0.717, 1.165) is 56.9 Å². The zero-order valence-corrected chi connectivity index (χ0v) is 24.8. The van der Waals surface area contributed by atoms with E-state index in [2.05, 4.69) is 53.0 Å². The van der Waals surface area contributed by atoms with Crippen molar-refractivity contribution in [1.29, 1.82) is 0 Å². The molecule has 2 aliphatic rings. The fourth-order valence-corrected chi connectivity index (χ4v) is 6.74. The number of aromatic hydroxyl groups is 1. The van der Waals surface area contributed by atoms with Gasteiger partial charge in [0.05, 0.1) is 18.8 Å². The number of nitrogens with zero attached hydrogens (tertiary/aromatic N) is 5. The number of para-hydroxylation sites is 1. The molecule has 0 spiro atoms. The van der Waals surface area contributed by atoms with Crippen molar-refractivity contribution in [3.8, 4) is 17.2 Å². The molecule has 3 unspecified atom stereocenters. The van der Waals surface area contributed by atoms with Crippen LogP contribution in [0.4, 0.5) is 5.69 Å². The molecule has 8 nitrogen and oxygen atoms in total. The van der Waals surface area contributed by atoms with E-state index in [1.54, 1.807) is 34.8 Å². The first kappa shape index (κ1) is 28.1. The normalized spacial score (nSPS) is 19.6. The lowest BCUT2D eigenvalue weighted by Crippen LogP contribution is -2.40. The number of likely N-dealkylation sites (tertiary alicyclic amines) is 1. The van der Waals surface area contributed by atoms with E-state index < -0.39 is 0 Å². The number of hydrogen-bond acceptors (Lipinski definition) is 6. The monoisotopic (exact) mass is 567 g/mol. The number of phenols is 1. The minimum absolute atomic E-state index is 0.0654. The van der Waals surface area contributed by atoms with E-state index in [1.165, 1.54) is 16.8 Å². The second kappa shape index (κ2) is 12.1. The first-order valence-electron chi connectivity index (χ1n) is 15.1. The van der Waals surface area contributed by atoms with Crippen LogP contribution in [0.25, 0.3) is 5.69 Å². The molecule has 3 atom stereocenters. The number of ether oxygens (including phenoxy) is 1. The van der Waals surface area contributed by atoms with Crippen molar-refractivity contribution in [3.05, 3.63) is 101 Å². The second-order valence-electron chi connectivity index (χ2n) is 11.8. The average Bonchev–Trinajstić information content (AvgIpc) is 3.68. The summed E-state index contributed by atoms with van der Waals surface area (Å²) in [7, 11) is 1.73. The predicted octanol–water partition coefficient (Wildman–Crippen LogP) is 5.57. The highest BCUT2D eigenvalue weighted by molar-refractivity contribution is 5.51. The summed E-state index contributed by atoms with van der Waals surface area (Å²) < 4.78 is 8.88. The van der Waals surface area contributed by atoms with Crippen LogP contribution < -0.4 is 15.3 Å². The maximum atomic E-state index is 13.5. The zero-order valence-electron chi connectivity index (χ0n) is 24.8. The van der Waals surface area contributed by atoms with Crippen LogP contribution in [0, 0.1) is 0 Å². The van der Waals surface area contributed by atoms with Crippen molar-refractivity contribution in [2.45, 2.75) is 57.0 Å². The lowest BCUT2D eigenvalue weighted by molar-refractivity contribution is 0.187. The zero-order chi connectivity index (χ0) is 29.2. The third-order valence-electron chi connectivity index (χ3n) is 9.50. The van der Waals surface area contributed by atoms with Crippen molar-refractivity contribution >= 4 is 5.69 Å². The molecule has 2 fully saturated rings. The number of piperidine rings is 1. The molecule has 3 heterocycles. The molecule has 0 bridgehead atoms. The van der Waals surface area contributed by atoms with Crippen molar-refractivity contribution in [2.24, 2.45) is 0 Å². The second-order valence-corrected chi connectivity index (χ2v) is 11.8. The Labute approximate surface area is 247 Å². The Morgan fingerprint density at radius 1 is 0.833 bits per heavy atom. The molecular formula is C34H41N5O3. The molecule has 6 rings (SSSR count). The standard InChI is InChI=1S/C34H41N5O3/c1-24(37-21-18-28(22-37)32-6-4-5-7-33(32)42-3)25(2)39-34(41)38(23-35-39)30-12-10-29(11-13-30)36-19-16-27(17-20-36)26-8-14-31(40)15-9-26/h4-15,23-25,27-28,40H,16-22H2,1-3H3. The Morgan fingerprint density at radius 3 is 2.21 bits per heavy atom. The summed E-state index contributed by atoms with van der Waals surface area (Å²) in [6, 6.07) is 24.2. The molecule has 2 aliphatic heterocycles. The van der Waals surface area contributed by atoms with E-state index in [0.29, 0.717) is 17.6 Å². The van der Waals surface area contributed by atoms with Crippen LogP contribution in [0.1, 0.15) is 62.1 Å². The van der Waals surface area contributed by atoms with Crippen LogP contribution in [-0.2, 0) is 0 Å². The van der Waals surface area contributed by atoms with E-state index in [4.69, 9.17) is 4.74 Å². The summed E-state index contributed by atoms with van der Waals surface area (Å²) in [6.45, 7) is 8.16. The lowest BCUT2D eigenvalue weighted by Gasteiger charge is -2.34. The Morgan fingerprint density at radius 2 is 1.50 bits per heavy atom. The molecule has 1 N–H and O–H groups in total. The molecule has 0 radical (unpaired) electrons. The van der Waals surface area contributed by atoms with Crippen LogP contribution >= 0.6 is 0 Å². The Kier molecular flexibility index (Phi) is 8.07. The molecule has 0 amide bonds. The molecule has 4 aromatic rings. The van der Waals surface area contributed by atoms with Gasteiger partial charge < -0.3 is 14.7 Å². The summed E-state index contributed by atoms with van der Waals surface area (Å²) in [6.07, 6.45) is 4.86. The smallest absolute Gasteiger partial charge is 0.350 e. The first-order chi connectivity index (χ1) is 20.4. The lowest BCUT2D eigenvalue weighted by atomic mass is 9.89. The SMILES string of the molecule is COc1ccccc1C1CCN(C(C)C(C)n2ncn(-c3ccc(N4CCC(c5ccc(O)cc5)CC4)cc3)c2=O)C1. The quantitative estimate of drug-likeness (QED) is 0.300. The summed E-state index contributed by atoms with van der Waals surface area (Å²) >= 11 is 0. The summed E-state index contributed by atoms with van der Waals surface area (Å²) in [5, 5.41) is 14.1. The molecule has 2 saturated heterocycles. The van der Waals surface area contributed by atoms with Gasteiger partial charge in [0.1, 0.15) is 17.8 Å². The minimum Gasteiger partial charge on any atom is -0.508 e. The molecular weight excluding hydrogens is 526 g/mol. The van der Waals surface area contributed by atoms with Crippen LogP contribution in [0.15, 0.2) is 83.9 Å². The Bertz CT molecular complexity index is 1540. The largest absolute Gasteiger partial charge is 0.508 e. The van der Waals surface area contributed by atoms with Crippen LogP contribution in [0.2, 0.25) is 0 Å². The molecule has 0 aliphatic carbocycles. The number of methoxy groups -OCH3 is 1. The van der Waals surface area contributed by atoms with Gasteiger partial charge in [0, 0.05) is 37.3 Å². The maximum absolute atomic E-state index is 13.5. The van der Waals surface area contributed by atoms with E-state index >= 15 is 0 Å². The van der Waals surface area contributed by atoms with Crippen LogP contribution in [0.5, 0.6) is 11.5 Å². The molecule has 0 saturated carbocycles. The Balaban J connectivity index is 1.09. The van der Waals surface area contributed by atoms with Gasteiger partial charge in [0.25, 0.3) is 0 Å². The molecule has 1 aromatic heterocycles. The highest BCUT2D eigenvalue weighted by atomic mass is 16.5. The maximum Gasteiger partial charge on any atom is 0.350 e. The van der Waals surface area contributed by atoms with E-state index in [9.17, 15) is 9.90 Å². The number of rotatable bonds is 8. The van der Waals surface area contributed by atoms with E-state index in [1.807, 2.05) is 36.4 Å². The van der Waals surface area contributed by atoms with Gasteiger partial charge in [-0.15, -0.1) is 0 Å². The van der Waals surface area contributed by atoms with Gasteiger partial charge in [0.2, 0.25) is 0 Å². The molecule has 220 valence electrons. The van der Waals surface area contributed by atoms with Gasteiger partial charge in [-0.25, -0.2) is 14.0 Å². The van der Waals surface area contributed by atoms with Gasteiger partial charge in [0.15, 0.2) is 0 Å². The van der Waals surface area contributed by atoms with Gasteiger partial charge >= 0.3 is 5.69 Å². The number of anilines is 1. The Hall–Kier alpha value is -4.04. The first-order valence-corrected chi connectivity index (χ1v) is 15.1. The topological polar surface area (TPSA) is 75.8 Å². The molecule has 8 heteroatoms. The molecule has 3 aromatic carbocycles. The van der Waals surface area contributed by atoms with Gasteiger partial charge in [-0.3, -0.25) is 4.90 Å². The predicted molar refractivity (Wildman–Crippen MR) is 166 cm³/mol. The summed E-state index contributed by atoms with van der Waals surface area (Å²) in [5.74, 6) is 2.20. The number of phenolic OH excluding ortho intramolecular Hbond substituents is 1. The van der Waals surface area contributed by atoms with Crippen molar-refractivity contribution in [1.82, 2.24) is 19.2 Å². The van der Waals surface area contributed by atoms with E-state index in [-0.39, 0.29) is 17.8 Å². The number of benzene rings is 3. The molecule has 42 heavy (non-hydrogen) atoms. The van der Waals surface area contributed by atoms with Crippen LogP contribution in [-0.4, -0.2) is 63.7 Å². The van der Waals surface area contributed by atoms with Gasteiger partial charge in [-0.05, 0) is 99.2 Å². The minimum atomic E-state index is -0.114. The number of hydrogen-bond donors (Lipinski definition) is 1. The third-order valence-corrected chi connectivity index (χ3v) is 9.50.